The SMILES string of the molecule is CC(C)(F)CC(N[C@@H](c1ccc(-c2ccc(-c3ccncc3)cc2)cc1)C(F)(F)F)C(=O)O. The zero-order valence-corrected chi connectivity index (χ0v) is 18.1. The maximum Gasteiger partial charge on any atom is 0.407 e. The molecule has 0 radical (unpaired) electrons. The molecule has 8 heteroatoms. The van der Waals surface area contributed by atoms with E-state index in [4.69, 9.17) is 0 Å². The highest BCUT2D eigenvalue weighted by Gasteiger charge is 2.43. The van der Waals surface area contributed by atoms with Crippen LogP contribution in [0.1, 0.15) is 31.9 Å². The number of pyridine rings is 1. The Balaban J connectivity index is 1.83. The summed E-state index contributed by atoms with van der Waals surface area (Å²) in [5.41, 5.74) is 1.41. The molecule has 3 aromatic rings. The van der Waals surface area contributed by atoms with Gasteiger partial charge < -0.3 is 5.11 Å². The van der Waals surface area contributed by atoms with Gasteiger partial charge in [0, 0.05) is 18.8 Å². The fourth-order valence-electron chi connectivity index (χ4n) is 3.55. The standard InChI is InChI=1S/C25H24F4N2O2/c1-24(2,26)15-21(23(32)33)31-22(25(27,28)29)20-9-7-17(8-10-20)16-3-5-18(6-4-16)19-11-13-30-14-12-19/h3-14,21-22,31H,15H2,1-2H3,(H,32,33)/t21?,22-/m0/s1. The smallest absolute Gasteiger partial charge is 0.407 e. The van der Waals surface area contributed by atoms with Gasteiger partial charge in [-0.1, -0.05) is 48.5 Å². The van der Waals surface area contributed by atoms with Crippen LogP contribution in [0, 0.1) is 0 Å². The highest BCUT2D eigenvalue weighted by molar-refractivity contribution is 5.74. The van der Waals surface area contributed by atoms with Crippen LogP contribution in [0.15, 0.2) is 73.1 Å². The molecule has 0 aliphatic rings. The first kappa shape index (κ1) is 24.4. The van der Waals surface area contributed by atoms with Crippen LogP contribution in [0.25, 0.3) is 22.3 Å². The molecule has 0 fully saturated rings. The number of halogens is 4. The minimum atomic E-state index is -4.76. The molecule has 0 bridgehead atoms. The van der Waals surface area contributed by atoms with Gasteiger partial charge >= 0.3 is 12.1 Å². The van der Waals surface area contributed by atoms with Crippen molar-refractivity contribution in [3.63, 3.8) is 0 Å². The number of aromatic nitrogens is 1. The zero-order valence-electron chi connectivity index (χ0n) is 18.1. The van der Waals surface area contributed by atoms with E-state index < -0.39 is 36.3 Å². The lowest BCUT2D eigenvalue weighted by Gasteiger charge is -2.28. The summed E-state index contributed by atoms with van der Waals surface area (Å²) in [5.74, 6) is -1.54. The Morgan fingerprint density at radius 1 is 0.848 bits per heavy atom. The van der Waals surface area contributed by atoms with Crippen molar-refractivity contribution in [1.29, 1.82) is 0 Å². The minimum Gasteiger partial charge on any atom is -0.480 e. The van der Waals surface area contributed by atoms with E-state index in [0.717, 1.165) is 30.5 Å². The molecule has 0 saturated heterocycles. The topological polar surface area (TPSA) is 62.2 Å². The van der Waals surface area contributed by atoms with E-state index in [1.165, 1.54) is 12.1 Å². The third-order valence-electron chi connectivity index (χ3n) is 5.16. The van der Waals surface area contributed by atoms with Gasteiger partial charge in [0.15, 0.2) is 0 Å². The van der Waals surface area contributed by atoms with Crippen molar-refractivity contribution < 1.29 is 27.5 Å². The van der Waals surface area contributed by atoms with Gasteiger partial charge in [-0.2, -0.15) is 13.2 Å². The summed E-state index contributed by atoms with van der Waals surface area (Å²) in [7, 11) is 0. The van der Waals surface area contributed by atoms with Crippen LogP contribution in [0.2, 0.25) is 0 Å². The second-order valence-electron chi connectivity index (χ2n) is 8.39. The van der Waals surface area contributed by atoms with Crippen LogP contribution in [0.3, 0.4) is 0 Å². The van der Waals surface area contributed by atoms with Crippen LogP contribution in [-0.4, -0.2) is 33.9 Å². The normalized spacial score (nSPS) is 14.0. The van der Waals surface area contributed by atoms with Crippen molar-refractivity contribution >= 4 is 5.97 Å². The summed E-state index contributed by atoms with van der Waals surface area (Å²) in [6, 6.07) is 13.1. The minimum absolute atomic E-state index is 0.150. The molecule has 2 N–H and O–H groups in total. The first-order chi connectivity index (χ1) is 15.4. The van der Waals surface area contributed by atoms with Gasteiger partial charge in [0.2, 0.25) is 0 Å². The average Bonchev–Trinajstić information content (AvgIpc) is 2.76. The monoisotopic (exact) mass is 460 g/mol. The maximum atomic E-state index is 13.9. The summed E-state index contributed by atoms with van der Waals surface area (Å²) < 4.78 is 55.2. The van der Waals surface area contributed by atoms with Crippen molar-refractivity contribution in [3.05, 3.63) is 78.6 Å². The van der Waals surface area contributed by atoms with E-state index in [0.29, 0.717) is 5.56 Å². The number of carboxylic acids is 1. The Labute approximate surface area is 189 Å². The molecular weight excluding hydrogens is 436 g/mol. The number of nitrogens with one attached hydrogen (secondary N) is 1. The third kappa shape index (κ3) is 6.61. The summed E-state index contributed by atoms with van der Waals surface area (Å²) in [6.07, 6.45) is -1.98. The fourth-order valence-corrected chi connectivity index (χ4v) is 3.55. The van der Waals surface area contributed by atoms with Gasteiger partial charge in [-0.25, -0.2) is 4.39 Å². The van der Waals surface area contributed by atoms with Gasteiger partial charge in [-0.15, -0.1) is 0 Å². The number of carboxylic acid groups (broad SMARTS) is 1. The zero-order chi connectivity index (χ0) is 24.2. The van der Waals surface area contributed by atoms with Gasteiger partial charge in [0.05, 0.1) is 0 Å². The van der Waals surface area contributed by atoms with Crippen molar-refractivity contribution in [3.8, 4) is 22.3 Å². The van der Waals surface area contributed by atoms with Crippen LogP contribution in [-0.2, 0) is 4.79 Å². The van der Waals surface area contributed by atoms with E-state index in [1.54, 1.807) is 24.5 Å². The van der Waals surface area contributed by atoms with E-state index in [9.17, 15) is 27.5 Å². The molecule has 33 heavy (non-hydrogen) atoms. The lowest BCUT2D eigenvalue weighted by molar-refractivity contribution is -0.164. The Kier molecular flexibility index (Phi) is 7.17. The Morgan fingerprint density at radius 3 is 1.67 bits per heavy atom. The van der Waals surface area contributed by atoms with E-state index in [1.807, 2.05) is 36.4 Å². The van der Waals surface area contributed by atoms with Gasteiger partial charge in [-0.05, 0) is 53.8 Å². The number of carbonyl (C=O) groups is 1. The van der Waals surface area contributed by atoms with Crippen molar-refractivity contribution in [2.24, 2.45) is 0 Å². The van der Waals surface area contributed by atoms with Gasteiger partial charge in [-0.3, -0.25) is 15.1 Å². The molecule has 0 spiro atoms. The molecule has 174 valence electrons. The van der Waals surface area contributed by atoms with E-state index in [2.05, 4.69) is 10.3 Å². The largest absolute Gasteiger partial charge is 0.480 e. The number of hydrogen-bond donors (Lipinski definition) is 2. The average molecular weight is 460 g/mol. The first-order valence-electron chi connectivity index (χ1n) is 10.3. The lowest BCUT2D eigenvalue weighted by Crippen LogP contribution is -2.47. The number of alkyl halides is 4. The molecule has 0 aliphatic carbocycles. The molecule has 4 nitrogen and oxygen atoms in total. The summed E-state index contributed by atoms with van der Waals surface area (Å²) in [6.45, 7) is 2.25. The summed E-state index contributed by atoms with van der Waals surface area (Å²) in [5, 5.41) is 11.4. The summed E-state index contributed by atoms with van der Waals surface area (Å²) >= 11 is 0. The molecule has 1 unspecified atom stereocenters. The van der Waals surface area contributed by atoms with Gasteiger partial charge in [0.25, 0.3) is 0 Å². The van der Waals surface area contributed by atoms with Gasteiger partial charge in [0.1, 0.15) is 17.8 Å². The quantitative estimate of drug-likeness (QED) is 0.393. The molecule has 2 aromatic carbocycles. The van der Waals surface area contributed by atoms with Crippen LogP contribution in [0.4, 0.5) is 17.6 Å². The highest BCUT2D eigenvalue weighted by atomic mass is 19.4. The van der Waals surface area contributed by atoms with E-state index in [-0.39, 0.29) is 5.56 Å². The fraction of sp³-hybridized carbons (Fsp3) is 0.280. The molecule has 1 heterocycles. The maximum absolute atomic E-state index is 13.9. The molecule has 1 aromatic heterocycles. The predicted octanol–water partition coefficient (Wildman–Crippen LogP) is 6.20. The molecule has 3 rings (SSSR count). The Hall–Kier alpha value is -3.26. The molecular formula is C25H24F4N2O2. The lowest BCUT2D eigenvalue weighted by atomic mass is 9.96. The number of rotatable bonds is 8. The van der Waals surface area contributed by atoms with Crippen LogP contribution >= 0.6 is 0 Å². The van der Waals surface area contributed by atoms with Crippen LogP contribution in [0.5, 0.6) is 0 Å². The highest BCUT2D eigenvalue weighted by Crippen LogP contribution is 2.35. The predicted molar refractivity (Wildman–Crippen MR) is 118 cm³/mol. The second-order valence-corrected chi connectivity index (χ2v) is 8.39. The van der Waals surface area contributed by atoms with Crippen LogP contribution < -0.4 is 5.32 Å². The number of aliphatic carboxylic acids is 1. The number of benzene rings is 2. The molecule has 2 atom stereocenters. The second kappa shape index (κ2) is 9.70. The Morgan fingerprint density at radius 2 is 1.27 bits per heavy atom. The number of nitrogens with zero attached hydrogens (tertiary/aromatic N) is 1. The molecule has 0 aliphatic heterocycles. The summed E-state index contributed by atoms with van der Waals surface area (Å²) in [4.78, 5) is 15.4. The number of hydrogen-bond acceptors (Lipinski definition) is 3. The Bertz CT molecular complexity index is 1060. The first-order valence-corrected chi connectivity index (χ1v) is 10.3. The van der Waals surface area contributed by atoms with Crippen molar-refractivity contribution in [2.75, 3.05) is 0 Å². The third-order valence-corrected chi connectivity index (χ3v) is 5.16. The molecule has 0 amide bonds. The molecule has 0 saturated carbocycles. The van der Waals surface area contributed by atoms with Crippen molar-refractivity contribution in [1.82, 2.24) is 10.3 Å². The van der Waals surface area contributed by atoms with E-state index >= 15 is 0 Å². The van der Waals surface area contributed by atoms with Crippen molar-refractivity contribution in [2.45, 2.75) is 44.2 Å².